The zero-order valence-electron chi connectivity index (χ0n) is 15.3. The third kappa shape index (κ3) is 2.90. The highest BCUT2D eigenvalue weighted by molar-refractivity contribution is 5.88. The van der Waals surface area contributed by atoms with Crippen LogP contribution >= 0.6 is 0 Å². The molecule has 1 atom stereocenters. The van der Waals surface area contributed by atoms with Gasteiger partial charge in [-0.3, -0.25) is 9.59 Å². The van der Waals surface area contributed by atoms with E-state index in [1.807, 2.05) is 0 Å². The summed E-state index contributed by atoms with van der Waals surface area (Å²) in [7, 11) is 1.67. The van der Waals surface area contributed by atoms with Crippen molar-refractivity contribution >= 4 is 11.9 Å². The molecule has 7 nitrogen and oxygen atoms in total. The fourth-order valence-corrected chi connectivity index (χ4v) is 3.36. The van der Waals surface area contributed by atoms with E-state index >= 15 is 0 Å². The van der Waals surface area contributed by atoms with Crippen LogP contribution in [0, 0.1) is 6.92 Å². The van der Waals surface area contributed by atoms with Crippen LogP contribution in [0.3, 0.4) is 0 Å². The molecular formula is C21H17NO6. The summed E-state index contributed by atoms with van der Waals surface area (Å²) in [6.45, 7) is 1.77. The number of hydrogen-bond donors (Lipinski definition) is 1. The molecule has 1 aliphatic heterocycles. The third-order valence-electron chi connectivity index (χ3n) is 5.00. The first-order chi connectivity index (χ1) is 13.3. The van der Waals surface area contributed by atoms with Gasteiger partial charge in [-0.15, -0.1) is 0 Å². The molecule has 0 radical (unpaired) electrons. The van der Waals surface area contributed by atoms with Crippen LogP contribution in [-0.2, 0) is 11.8 Å². The van der Waals surface area contributed by atoms with Gasteiger partial charge in [-0.2, -0.15) is 0 Å². The van der Waals surface area contributed by atoms with Crippen LogP contribution in [0.15, 0.2) is 51.7 Å². The van der Waals surface area contributed by atoms with E-state index in [9.17, 15) is 14.4 Å². The van der Waals surface area contributed by atoms with E-state index in [0.717, 1.165) is 0 Å². The number of nitrogens with zero attached hydrogens (tertiary/aromatic N) is 1. The molecular weight excluding hydrogens is 362 g/mol. The van der Waals surface area contributed by atoms with E-state index in [1.165, 1.54) is 16.7 Å². The lowest BCUT2D eigenvalue weighted by Gasteiger charge is -2.23. The maximum Gasteiger partial charge on any atom is 0.335 e. The molecule has 7 heteroatoms. The Kier molecular flexibility index (Phi) is 4.15. The number of rotatable bonds is 3. The van der Waals surface area contributed by atoms with Gasteiger partial charge in [0.25, 0.3) is 5.56 Å². The summed E-state index contributed by atoms with van der Waals surface area (Å²) in [5, 5.41) is 9.01. The van der Waals surface area contributed by atoms with E-state index in [-0.39, 0.29) is 23.3 Å². The zero-order valence-corrected chi connectivity index (χ0v) is 15.3. The van der Waals surface area contributed by atoms with Gasteiger partial charge >= 0.3 is 11.9 Å². The summed E-state index contributed by atoms with van der Waals surface area (Å²) in [6, 6.07) is 11.4. The average Bonchev–Trinajstić information content (AvgIpc) is 3.15. The SMILES string of the molecule is Cc1cc2c(c(=O)n1C)[C@@H](c1ccc(-c3ccc(C(=O)O)cc3)o1)CC(=O)O2. The Bertz CT molecular complexity index is 1150. The monoisotopic (exact) mass is 379 g/mol. The first kappa shape index (κ1) is 17.8. The van der Waals surface area contributed by atoms with Crippen LogP contribution in [0.5, 0.6) is 5.75 Å². The maximum absolute atomic E-state index is 12.8. The maximum atomic E-state index is 12.8. The van der Waals surface area contributed by atoms with Gasteiger partial charge in [-0.1, -0.05) is 12.1 Å². The van der Waals surface area contributed by atoms with Crippen molar-refractivity contribution in [2.24, 2.45) is 7.05 Å². The summed E-state index contributed by atoms with van der Waals surface area (Å²) < 4.78 is 12.7. The van der Waals surface area contributed by atoms with E-state index in [0.29, 0.717) is 28.3 Å². The summed E-state index contributed by atoms with van der Waals surface area (Å²) in [6.07, 6.45) is 0.0101. The number of carboxylic acid groups (broad SMARTS) is 1. The smallest absolute Gasteiger partial charge is 0.335 e. The Morgan fingerprint density at radius 2 is 1.86 bits per heavy atom. The minimum atomic E-state index is -1.00. The van der Waals surface area contributed by atoms with Gasteiger partial charge in [0.2, 0.25) is 0 Å². The molecule has 1 aliphatic rings. The number of aromatic carboxylic acids is 1. The molecule has 1 N–H and O–H groups in total. The van der Waals surface area contributed by atoms with E-state index in [4.69, 9.17) is 14.3 Å². The zero-order chi connectivity index (χ0) is 20.0. The van der Waals surface area contributed by atoms with Gasteiger partial charge in [-0.25, -0.2) is 4.79 Å². The van der Waals surface area contributed by atoms with Gasteiger partial charge in [-0.05, 0) is 31.2 Å². The Hall–Kier alpha value is -3.61. The second-order valence-corrected chi connectivity index (χ2v) is 6.74. The molecule has 0 bridgehead atoms. The van der Waals surface area contributed by atoms with Gasteiger partial charge in [0.15, 0.2) is 0 Å². The van der Waals surface area contributed by atoms with Crippen LogP contribution in [-0.4, -0.2) is 21.6 Å². The molecule has 142 valence electrons. The van der Waals surface area contributed by atoms with Crippen molar-refractivity contribution in [3.05, 3.63) is 75.4 Å². The molecule has 28 heavy (non-hydrogen) atoms. The van der Waals surface area contributed by atoms with Crippen molar-refractivity contribution < 1.29 is 23.8 Å². The largest absolute Gasteiger partial charge is 0.478 e. The Morgan fingerprint density at radius 3 is 2.54 bits per heavy atom. The summed E-state index contributed by atoms with van der Waals surface area (Å²) >= 11 is 0. The average molecular weight is 379 g/mol. The number of carboxylic acids is 1. The normalized spacial score (nSPS) is 15.8. The Balaban J connectivity index is 1.76. The number of benzene rings is 1. The quantitative estimate of drug-likeness (QED) is 0.702. The number of esters is 1. The van der Waals surface area contributed by atoms with Crippen molar-refractivity contribution in [1.82, 2.24) is 4.57 Å². The topological polar surface area (TPSA) is 98.7 Å². The number of furan rings is 1. The number of carbonyl (C=O) groups is 2. The predicted octanol–water partition coefficient (Wildman–Crippen LogP) is 3.09. The highest BCUT2D eigenvalue weighted by Gasteiger charge is 2.34. The van der Waals surface area contributed by atoms with Crippen LogP contribution in [0.1, 0.15) is 39.7 Å². The molecule has 0 saturated heterocycles. The molecule has 0 unspecified atom stereocenters. The predicted molar refractivity (Wildman–Crippen MR) is 99.6 cm³/mol. The van der Waals surface area contributed by atoms with Gasteiger partial charge < -0.3 is 18.8 Å². The molecule has 0 aliphatic carbocycles. The van der Waals surface area contributed by atoms with E-state index in [2.05, 4.69) is 0 Å². The van der Waals surface area contributed by atoms with Crippen molar-refractivity contribution in [3.8, 4) is 17.1 Å². The second-order valence-electron chi connectivity index (χ2n) is 6.74. The highest BCUT2D eigenvalue weighted by atomic mass is 16.5. The number of carbonyl (C=O) groups excluding carboxylic acids is 1. The van der Waals surface area contributed by atoms with Crippen molar-refractivity contribution in [2.75, 3.05) is 0 Å². The lowest BCUT2D eigenvalue weighted by Crippen LogP contribution is -2.31. The molecule has 2 aromatic heterocycles. The standard InChI is InChI=1S/C21H17NO6/c1-11-9-17-19(20(24)22(11)2)14(10-18(23)28-17)16-8-7-15(27-16)12-3-5-13(6-4-12)21(25)26/h3-9,14H,10H2,1-2H3,(H,25,26)/t14-/m1/s1. The van der Waals surface area contributed by atoms with Gasteiger partial charge in [0, 0.05) is 24.4 Å². The fraction of sp³-hybridized carbons (Fsp3) is 0.190. The first-order valence-corrected chi connectivity index (χ1v) is 8.70. The second kappa shape index (κ2) is 6.53. The molecule has 3 heterocycles. The molecule has 3 aromatic rings. The molecule has 1 aromatic carbocycles. The van der Waals surface area contributed by atoms with Crippen molar-refractivity contribution in [1.29, 1.82) is 0 Å². The number of hydrogen-bond acceptors (Lipinski definition) is 5. The Labute approximate surface area is 159 Å². The number of pyridine rings is 1. The summed E-state index contributed by atoms with van der Waals surface area (Å²) in [5.41, 5.74) is 1.74. The number of aromatic nitrogens is 1. The summed E-state index contributed by atoms with van der Waals surface area (Å²) in [5.74, 6) is -0.690. The molecule has 0 fully saturated rings. The minimum absolute atomic E-state index is 0.0101. The fourth-order valence-electron chi connectivity index (χ4n) is 3.36. The van der Waals surface area contributed by atoms with Gasteiger partial charge in [0.1, 0.15) is 17.3 Å². The Morgan fingerprint density at radius 1 is 1.14 bits per heavy atom. The molecule has 4 rings (SSSR count). The lowest BCUT2D eigenvalue weighted by molar-refractivity contribution is -0.135. The van der Waals surface area contributed by atoms with Crippen LogP contribution in [0.4, 0.5) is 0 Å². The highest BCUT2D eigenvalue weighted by Crippen LogP contribution is 2.38. The van der Waals surface area contributed by atoms with Crippen LogP contribution < -0.4 is 10.3 Å². The van der Waals surface area contributed by atoms with Gasteiger partial charge in [0.05, 0.1) is 23.5 Å². The summed E-state index contributed by atoms with van der Waals surface area (Å²) in [4.78, 5) is 35.8. The lowest BCUT2D eigenvalue weighted by atomic mass is 9.91. The number of ether oxygens (including phenoxy) is 1. The van der Waals surface area contributed by atoms with Crippen LogP contribution in [0.25, 0.3) is 11.3 Å². The minimum Gasteiger partial charge on any atom is -0.478 e. The molecule has 0 saturated carbocycles. The number of fused-ring (bicyclic) bond motifs is 1. The molecule has 0 spiro atoms. The van der Waals surface area contributed by atoms with Crippen molar-refractivity contribution in [3.63, 3.8) is 0 Å². The first-order valence-electron chi connectivity index (χ1n) is 8.70. The molecule has 0 amide bonds. The van der Waals surface area contributed by atoms with Crippen molar-refractivity contribution in [2.45, 2.75) is 19.3 Å². The van der Waals surface area contributed by atoms with Crippen LogP contribution in [0.2, 0.25) is 0 Å². The van der Waals surface area contributed by atoms with E-state index < -0.39 is 17.9 Å². The van der Waals surface area contributed by atoms with E-state index in [1.54, 1.807) is 44.3 Å². The third-order valence-corrected chi connectivity index (χ3v) is 5.00. The number of aryl methyl sites for hydroxylation is 1.